The predicted molar refractivity (Wildman–Crippen MR) is 62.2 cm³/mol. The van der Waals surface area contributed by atoms with Crippen molar-refractivity contribution in [2.75, 3.05) is 6.61 Å². The Morgan fingerprint density at radius 2 is 2.12 bits per heavy atom. The smallest absolute Gasteiger partial charge is 0.244 e. The third-order valence-electron chi connectivity index (χ3n) is 2.84. The first-order valence-corrected chi connectivity index (χ1v) is 6.91. The molecule has 5 nitrogen and oxygen atoms in total. The molecule has 94 valence electrons. The number of rotatable bonds is 3. The molecule has 0 aliphatic carbocycles. The van der Waals surface area contributed by atoms with Crippen LogP contribution in [0.3, 0.4) is 0 Å². The van der Waals surface area contributed by atoms with Crippen molar-refractivity contribution in [1.82, 2.24) is 4.72 Å². The Bertz CT molecular complexity index is 500. The minimum Gasteiger partial charge on any atom is -0.507 e. The molecule has 0 radical (unpaired) electrons. The number of phenols is 1. The van der Waals surface area contributed by atoms with Crippen molar-refractivity contribution in [3.05, 3.63) is 24.3 Å². The molecule has 2 atom stereocenters. The van der Waals surface area contributed by atoms with Crippen LogP contribution in [0, 0.1) is 0 Å². The molecule has 0 bridgehead atoms. The molecule has 1 fully saturated rings. The summed E-state index contributed by atoms with van der Waals surface area (Å²) in [5, 5.41) is 9.54. The summed E-state index contributed by atoms with van der Waals surface area (Å²) in [7, 11) is -3.69. The molecule has 17 heavy (non-hydrogen) atoms. The number of para-hydroxylation sites is 1. The molecule has 2 N–H and O–H groups in total. The predicted octanol–water partition coefficient (Wildman–Crippen LogP) is 0.848. The minimum atomic E-state index is -3.69. The van der Waals surface area contributed by atoms with Crippen molar-refractivity contribution in [3.63, 3.8) is 0 Å². The molecular formula is C11H15NO4S. The van der Waals surface area contributed by atoms with Gasteiger partial charge in [-0.05, 0) is 25.5 Å². The Morgan fingerprint density at radius 1 is 1.41 bits per heavy atom. The van der Waals surface area contributed by atoms with Crippen molar-refractivity contribution >= 4 is 10.0 Å². The third-order valence-corrected chi connectivity index (χ3v) is 4.37. The first-order chi connectivity index (χ1) is 8.00. The largest absolute Gasteiger partial charge is 0.507 e. The van der Waals surface area contributed by atoms with E-state index in [9.17, 15) is 13.5 Å². The summed E-state index contributed by atoms with van der Waals surface area (Å²) in [5.74, 6) is -0.244. The molecule has 0 amide bonds. The van der Waals surface area contributed by atoms with Gasteiger partial charge in [0.2, 0.25) is 10.0 Å². The monoisotopic (exact) mass is 257 g/mol. The number of hydrogen-bond donors (Lipinski definition) is 2. The van der Waals surface area contributed by atoms with Crippen molar-refractivity contribution in [2.24, 2.45) is 0 Å². The molecule has 1 saturated heterocycles. The Balaban J connectivity index is 2.22. The van der Waals surface area contributed by atoms with Gasteiger partial charge < -0.3 is 9.84 Å². The summed E-state index contributed by atoms with van der Waals surface area (Å²) in [4.78, 5) is -0.0981. The van der Waals surface area contributed by atoms with E-state index in [1.807, 2.05) is 6.92 Å². The third kappa shape index (κ3) is 2.59. The van der Waals surface area contributed by atoms with E-state index in [2.05, 4.69) is 4.72 Å². The molecule has 1 aliphatic rings. The van der Waals surface area contributed by atoms with E-state index in [4.69, 9.17) is 4.74 Å². The van der Waals surface area contributed by atoms with Crippen molar-refractivity contribution < 1.29 is 18.3 Å². The lowest BCUT2D eigenvalue weighted by molar-refractivity contribution is 0.117. The second-order valence-corrected chi connectivity index (χ2v) is 5.74. The summed E-state index contributed by atoms with van der Waals surface area (Å²) < 4.78 is 31.9. The van der Waals surface area contributed by atoms with Gasteiger partial charge >= 0.3 is 0 Å². The molecule has 6 heteroatoms. The molecule has 1 aromatic carbocycles. The minimum absolute atomic E-state index is 0.0981. The van der Waals surface area contributed by atoms with E-state index in [1.165, 1.54) is 12.1 Å². The molecule has 0 saturated carbocycles. The zero-order valence-electron chi connectivity index (χ0n) is 9.46. The Kier molecular flexibility index (Phi) is 3.37. The van der Waals surface area contributed by atoms with Crippen LogP contribution in [0.15, 0.2) is 29.2 Å². The van der Waals surface area contributed by atoms with Crippen molar-refractivity contribution in [1.29, 1.82) is 0 Å². The second kappa shape index (κ2) is 4.64. The van der Waals surface area contributed by atoms with Gasteiger partial charge in [0.05, 0.1) is 12.1 Å². The summed E-state index contributed by atoms with van der Waals surface area (Å²) in [6, 6.07) is 5.64. The number of benzene rings is 1. The van der Waals surface area contributed by atoms with Gasteiger partial charge in [0, 0.05) is 6.61 Å². The molecule has 2 rings (SSSR count). The second-order valence-electron chi connectivity index (χ2n) is 4.06. The number of phenolic OH excluding ortho intramolecular Hbond substituents is 1. The maximum Gasteiger partial charge on any atom is 0.244 e. The number of hydrogen-bond acceptors (Lipinski definition) is 4. The SMILES string of the molecule is CC1OCCC1NS(=O)(=O)c1ccccc1O. The molecule has 0 aromatic heterocycles. The van der Waals surface area contributed by atoms with Crippen LogP contribution in [0.2, 0.25) is 0 Å². The van der Waals surface area contributed by atoms with Gasteiger partial charge in [-0.15, -0.1) is 0 Å². The molecule has 1 aliphatic heterocycles. The van der Waals surface area contributed by atoms with Crippen LogP contribution < -0.4 is 4.72 Å². The highest BCUT2D eigenvalue weighted by molar-refractivity contribution is 7.89. The molecule has 0 spiro atoms. The number of sulfonamides is 1. The van der Waals surface area contributed by atoms with E-state index >= 15 is 0 Å². The van der Waals surface area contributed by atoms with E-state index in [1.54, 1.807) is 12.1 Å². The highest BCUT2D eigenvalue weighted by Crippen LogP contribution is 2.23. The maximum atomic E-state index is 12.0. The normalized spacial score (nSPS) is 25.0. The fraction of sp³-hybridized carbons (Fsp3) is 0.455. The first kappa shape index (κ1) is 12.3. The summed E-state index contributed by atoms with van der Waals surface area (Å²) >= 11 is 0. The summed E-state index contributed by atoms with van der Waals surface area (Å²) in [6.45, 7) is 2.38. The fourth-order valence-corrected chi connectivity index (χ4v) is 3.27. The van der Waals surface area contributed by atoms with E-state index < -0.39 is 10.0 Å². The van der Waals surface area contributed by atoms with Gasteiger partial charge in [-0.2, -0.15) is 0 Å². The number of aromatic hydroxyl groups is 1. The van der Waals surface area contributed by atoms with E-state index in [0.29, 0.717) is 13.0 Å². The van der Waals surface area contributed by atoms with Gasteiger partial charge in [0.25, 0.3) is 0 Å². The van der Waals surface area contributed by atoms with E-state index in [-0.39, 0.29) is 22.8 Å². The van der Waals surface area contributed by atoms with Crippen LogP contribution in [0.1, 0.15) is 13.3 Å². The lowest BCUT2D eigenvalue weighted by Gasteiger charge is -2.16. The van der Waals surface area contributed by atoms with Crippen LogP contribution in [0.4, 0.5) is 0 Å². The van der Waals surface area contributed by atoms with Gasteiger partial charge in [0.15, 0.2) is 0 Å². The first-order valence-electron chi connectivity index (χ1n) is 5.42. The zero-order valence-corrected chi connectivity index (χ0v) is 10.3. The maximum absolute atomic E-state index is 12.0. The van der Waals surface area contributed by atoms with Crippen LogP contribution in [0.5, 0.6) is 5.75 Å². The highest BCUT2D eigenvalue weighted by Gasteiger charge is 2.30. The Hall–Kier alpha value is -1.11. The quantitative estimate of drug-likeness (QED) is 0.841. The topological polar surface area (TPSA) is 75.6 Å². The lowest BCUT2D eigenvalue weighted by atomic mass is 10.2. The zero-order chi connectivity index (χ0) is 12.5. The van der Waals surface area contributed by atoms with Crippen LogP contribution in [0.25, 0.3) is 0 Å². The average Bonchev–Trinajstić information content (AvgIpc) is 2.64. The highest BCUT2D eigenvalue weighted by atomic mass is 32.2. The van der Waals surface area contributed by atoms with Crippen molar-refractivity contribution in [3.8, 4) is 5.75 Å². The van der Waals surface area contributed by atoms with Crippen molar-refractivity contribution in [2.45, 2.75) is 30.4 Å². The van der Waals surface area contributed by atoms with Gasteiger partial charge in [-0.25, -0.2) is 13.1 Å². The Labute approximate surface area is 100 Å². The van der Waals surface area contributed by atoms with Crippen LogP contribution in [-0.2, 0) is 14.8 Å². The van der Waals surface area contributed by atoms with Crippen LogP contribution in [-0.4, -0.2) is 32.3 Å². The fourth-order valence-electron chi connectivity index (χ4n) is 1.83. The Morgan fingerprint density at radius 3 is 2.71 bits per heavy atom. The van der Waals surface area contributed by atoms with E-state index in [0.717, 1.165) is 0 Å². The average molecular weight is 257 g/mol. The number of nitrogens with one attached hydrogen (secondary N) is 1. The lowest BCUT2D eigenvalue weighted by Crippen LogP contribution is -2.39. The molecule has 1 aromatic rings. The standard InChI is InChI=1S/C11H15NO4S/c1-8-9(6-7-16-8)12-17(14,15)11-5-3-2-4-10(11)13/h2-5,8-9,12-13H,6-7H2,1H3. The number of ether oxygens (including phenoxy) is 1. The van der Waals surface area contributed by atoms with Gasteiger partial charge in [-0.3, -0.25) is 0 Å². The molecule has 2 unspecified atom stereocenters. The molecule has 1 heterocycles. The molecular weight excluding hydrogens is 242 g/mol. The van der Waals surface area contributed by atoms with Crippen LogP contribution >= 0.6 is 0 Å². The van der Waals surface area contributed by atoms with Gasteiger partial charge in [0.1, 0.15) is 10.6 Å². The summed E-state index contributed by atoms with van der Waals surface area (Å²) in [5.41, 5.74) is 0. The summed E-state index contributed by atoms with van der Waals surface area (Å²) in [6.07, 6.45) is 0.504. The van der Waals surface area contributed by atoms with Gasteiger partial charge in [-0.1, -0.05) is 12.1 Å².